The van der Waals surface area contributed by atoms with Crippen LogP contribution in [0.25, 0.3) is 0 Å². The highest BCUT2D eigenvalue weighted by atomic mass is 32.1. The normalized spacial score (nSPS) is 31.0. The monoisotopic (exact) mass is 201 g/mol. The van der Waals surface area contributed by atoms with E-state index in [1.807, 2.05) is 0 Å². The lowest BCUT2D eigenvalue weighted by Crippen LogP contribution is -2.37. The Kier molecular flexibility index (Phi) is 4.10. The quantitative estimate of drug-likeness (QED) is 0.657. The van der Waals surface area contributed by atoms with Crippen molar-refractivity contribution in [3.8, 4) is 0 Å². The molecule has 0 aromatic rings. The highest BCUT2D eigenvalue weighted by Gasteiger charge is 2.23. The molecule has 1 fully saturated rings. The van der Waals surface area contributed by atoms with Crippen molar-refractivity contribution in [1.82, 2.24) is 5.32 Å². The van der Waals surface area contributed by atoms with Gasteiger partial charge in [-0.3, -0.25) is 4.79 Å². The van der Waals surface area contributed by atoms with E-state index in [0.717, 1.165) is 18.8 Å². The maximum atomic E-state index is 10.8. The summed E-state index contributed by atoms with van der Waals surface area (Å²) in [5.74, 6) is 0.843. The van der Waals surface area contributed by atoms with Crippen LogP contribution in [0.5, 0.6) is 0 Å². The number of carbonyl (C=O) groups is 1. The van der Waals surface area contributed by atoms with Crippen LogP contribution in [0.2, 0.25) is 0 Å². The van der Waals surface area contributed by atoms with Crippen molar-refractivity contribution in [3.05, 3.63) is 0 Å². The predicted molar refractivity (Wildman–Crippen MR) is 58.0 cm³/mol. The van der Waals surface area contributed by atoms with Gasteiger partial charge in [-0.1, -0.05) is 6.92 Å². The Bertz CT molecular complexity index is 174. The molecule has 1 rings (SSSR count). The average molecular weight is 201 g/mol. The molecule has 0 saturated heterocycles. The minimum Gasteiger partial charge on any atom is -0.354 e. The Morgan fingerprint density at radius 1 is 1.38 bits per heavy atom. The molecule has 2 nitrogen and oxygen atoms in total. The number of rotatable bonds is 2. The van der Waals surface area contributed by atoms with Crippen molar-refractivity contribution < 1.29 is 4.79 Å². The molecule has 1 aliphatic carbocycles. The van der Waals surface area contributed by atoms with Gasteiger partial charge in [-0.2, -0.15) is 12.6 Å². The van der Waals surface area contributed by atoms with Crippen LogP contribution in [0.15, 0.2) is 0 Å². The predicted octanol–water partition coefficient (Wildman–Crippen LogP) is 2.00. The molecule has 1 unspecified atom stereocenters. The Labute approximate surface area is 85.9 Å². The second-order valence-corrected chi connectivity index (χ2v) is 4.87. The van der Waals surface area contributed by atoms with Crippen molar-refractivity contribution >= 4 is 18.5 Å². The first-order valence-electron chi connectivity index (χ1n) is 5.04. The third-order valence-electron chi connectivity index (χ3n) is 2.86. The molecule has 1 amide bonds. The lowest BCUT2D eigenvalue weighted by Gasteiger charge is -2.30. The largest absolute Gasteiger partial charge is 0.354 e. The summed E-state index contributed by atoms with van der Waals surface area (Å²) < 4.78 is 0. The third-order valence-corrected chi connectivity index (χ3v) is 3.28. The number of carbonyl (C=O) groups excluding carboxylic acids is 1. The molecule has 1 saturated carbocycles. The Morgan fingerprint density at radius 2 is 1.92 bits per heavy atom. The molecular weight excluding hydrogens is 182 g/mol. The summed E-state index contributed by atoms with van der Waals surface area (Å²) in [4.78, 5) is 10.8. The zero-order valence-electron chi connectivity index (χ0n) is 8.42. The van der Waals surface area contributed by atoms with Crippen LogP contribution in [-0.4, -0.2) is 17.2 Å². The van der Waals surface area contributed by atoms with E-state index in [1.165, 1.54) is 12.8 Å². The van der Waals surface area contributed by atoms with E-state index < -0.39 is 0 Å². The van der Waals surface area contributed by atoms with Crippen LogP contribution in [0.3, 0.4) is 0 Å². The van der Waals surface area contributed by atoms with Crippen molar-refractivity contribution in [2.45, 2.75) is 50.8 Å². The van der Waals surface area contributed by atoms with Crippen LogP contribution in [0.4, 0.5) is 0 Å². The van der Waals surface area contributed by atoms with Gasteiger partial charge in [0.25, 0.3) is 0 Å². The summed E-state index contributed by atoms with van der Waals surface area (Å²) in [5.41, 5.74) is 0. The second kappa shape index (κ2) is 4.89. The lowest BCUT2D eigenvalue weighted by atomic mass is 9.84. The summed E-state index contributed by atoms with van der Waals surface area (Å²) in [6, 6.07) is 0.417. The molecular formula is C10H19NOS. The molecule has 0 heterocycles. The molecule has 3 heteroatoms. The van der Waals surface area contributed by atoms with Gasteiger partial charge in [0.2, 0.25) is 5.91 Å². The summed E-state index contributed by atoms with van der Waals surface area (Å²) in [6.07, 6.45) is 4.65. The highest BCUT2D eigenvalue weighted by molar-refractivity contribution is 7.80. The number of thiol groups is 1. The average Bonchev–Trinajstić information content (AvgIpc) is 2.04. The van der Waals surface area contributed by atoms with Gasteiger partial charge in [-0.05, 0) is 31.6 Å². The van der Waals surface area contributed by atoms with E-state index in [9.17, 15) is 4.79 Å². The summed E-state index contributed by atoms with van der Waals surface area (Å²) in [6.45, 7) is 3.75. The molecule has 0 aliphatic heterocycles. The van der Waals surface area contributed by atoms with Crippen LogP contribution in [-0.2, 0) is 4.79 Å². The molecule has 13 heavy (non-hydrogen) atoms. The fourth-order valence-electron chi connectivity index (χ4n) is 2.03. The fourth-order valence-corrected chi connectivity index (χ4v) is 2.33. The molecule has 0 spiro atoms. The molecule has 0 aromatic heterocycles. The summed E-state index contributed by atoms with van der Waals surface area (Å²) >= 11 is 4.45. The smallest absolute Gasteiger partial charge is 0.217 e. The van der Waals surface area contributed by atoms with Gasteiger partial charge >= 0.3 is 0 Å². The zero-order valence-corrected chi connectivity index (χ0v) is 9.31. The van der Waals surface area contributed by atoms with E-state index in [2.05, 4.69) is 24.9 Å². The number of hydrogen-bond acceptors (Lipinski definition) is 2. The van der Waals surface area contributed by atoms with Gasteiger partial charge in [-0.25, -0.2) is 0 Å². The van der Waals surface area contributed by atoms with Gasteiger partial charge in [0, 0.05) is 18.2 Å². The Hall–Kier alpha value is -0.180. The molecule has 1 atom stereocenters. The first-order chi connectivity index (χ1) is 6.09. The van der Waals surface area contributed by atoms with E-state index in [4.69, 9.17) is 0 Å². The molecule has 1 aliphatic rings. The van der Waals surface area contributed by atoms with Gasteiger partial charge < -0.3 is 5.32 Å². The van der Waals surface area contributed by atoms with Crippen LogP contribution < -0.4 is 5.32 Å². The summed E-state index contributed by atoms with van der Waals surface area (Å²) in [5, 5.41) is 3.48. The molecule has 0 aromatic carbocycles. The van der Waals surface area contributed by atoms with E-state index >= 15 is 0 Å². The van der Waals surface area contributed by atoms with Crippen LogP contribution in [0.1, 0.15) is 39.5 Å². The molecule has 0 bridgehead atoms. The van der Waals surface area contributed by atoms with Crippen molar-refractivity contribution in [2.75, 3.05) is 0 Å². The second-order valence-electron chi connectivity index (χ2n) is 4.05. The maximum Gasteiger partial charge on any atom is 0.217 e. The first-order valence-corrected chi connectivity index (χ1v) is 5.56. The van der Waals surface area contributed by atoms with E-state index in [0.29, 0.717) is 11.3 Å². The van der Waals surface area contributed by atoms with Crippen molar-refractivity contribution in [3.63, 3.8) is 0 Å². The number of hydrogen-bond donors (Lipinski definition) is 2. The SMILES string of the molecule is CC(=O)NC1CCC(C(C)S)CC1. The van der Waals surface area contributed by atoms with E-state index in [1.54, 1.807) is 6.92 Å². The van der Waals surface area contributed by atoms with Gasteiger partial charge in [0.05, 0.1) is 0 Å². The topological polar surface area (TPSA) is 29.1 Å². The minimum absolute atomic E-state index is 0.0994. The van der Waals surface area contributed by atoms with Gasteiger partial charge in [0.1, 0.15) is 0 Å². The zero-order chi connectivity index (χ0) is 9.84. The van der Waals surface area contributed by atoms with E-state index in [-0.39, 0.29) is 5.91 Å². The summed E-state index contributed by atoms with van der Waals surface area (Å²) in [7, 11) is 0. The van der Waals surface area contributed by atoms with Crippen molar-refractivity contribution in [1.29, 1.82) is 0 Å². The fraction of sp³-hybridized carbons (Fsp3) is 0.900. The standard InChI is InChI=1S/C10H19NOS/c1-7(13)9-3-5-10(6-4-9)11-8(2)12/h7,9-10,13H,3-6H2,1-2H3,(H,11,12). The highest BCUT2D eigenvalue weighted by Crippen LogP contribution is 2.28. The number of amides is 1. The minimum atomic E-state index is 0.0994. The molecule has 0 radical (unpaired) electrons. The molecule has 76 valence electrons. The van der Waals surface area contributed by atoms with Crippen LogP contribution in [0, 0.1) is 5.92 Å². The first kappa shape index (κ1) is 10.9. The molecule has 1 N–H and O–H groups in total. The Morgan fingerprint density at radius 3 is 2.31 bits per heavy atom. The van der Waals surface area contributed by atoms with Crippen molar-refractivity contribution in [2.24, 2.45) is 5.92 Å². The maximum absolute atomic E-state index is 10.8. The van der Waals surface area contributed by atoms with Gasteiger partial charge in [0.15, 0.2) is 0 Å². The lowest BCUT2D eigenvalue weighted by molar-refractivity contribution is -0.119. The van der Waals surface area contributed by atoms with Crippen LogP contribution >= 0.6 is 12.6 Å². The third kappa shape index (κ3) is 3.59. The number of nitrogens with one attached hydrogen (secondary N) is 1. The van der Waals surface area contributed by atoms with Gasteiger partial charge in [-0.15, -0.1) is 0 Å². The Balaban J connectivity index is 2.26.